The van der Waals surface area contributed by atoms with Crippen molar-refractivity contribution < 1.29 is 4.79 Å². The van der Waals surface area contributed by atoms with Crippen molar-refractivity contribution in [1.29, 1.82) is 0 Å². The Bertz CT molecular complexity index is 764. The highest BCUT2D eigenvalue weighted by atomic mass is 32.1. The zero-order chi connectivity index (χ0) is 14.8. The number of hydrogen-bond acceptors (Lipinski definition) is 4. The van der Waals surface area contributed by atoms with E-state index in [1.165, 1.54) is 0 Å². The lowest BCUT2D eigenvalue weighted by molar-refractivity contribution is 0.0785. The Morgan fingerprint density at radius 3 is 2.81 bits per heavy atom. The van der Waals surface area contributed by atoms with E-state index in [4.69, 9.17) is 5.73 Å². The van der Waals surface area contributed by atoms with Crippen LogP contribution in [0.15, 0.2) is 48.5 Å². The van der Waals surface area contributed by atoms with E-state index >= 15 is 0 Å². The van der Waals surface area contributed by atoms with Gasteiger partial charge in [0.15, 0.2) is 0 Å². The van der Waals surface area contributed by atoms with Crippen molar-refractivity contribution in [2.45, 2.75) is 6.54 Å². The zero-order valence-corrected chi connectivity index (χ0v) is 12.4. The molecule has 4 nitrogen and oxygen atoms in total. The summed E-state index contributed by atoms with van der Waals surface area (Å²) in [4.78, 5) is 18.6. The van der Waals surface area contributed by atoms with Crippen LogP contribution in [0, 0.1) is 0 Å². The number of rotatable bonds is 3. The molecule has 0 bridgehead atoms. The molecule has 1 amide bonds. The summed E-state index contributed by atoms with van der Waals surface area (Å²) in [6.07, 6.45) is 0. The topological polar surface area (TPSA) is 59.2 Å². The Morgan fingerprint density at radius 1 is 1.24 bits per heavy atom. The van der Waals surface area contributed by atoms with Gasteiger partial charge in [-0.3, -0.25) is 4.79 Å². The molecule has 0 spiro atoms. The highest BCUT2D eigenvalue weighted by Gasteiger charge is 2.14. The van der Waals surface area contributed by atoms with E-state index in [0.717, 1.165) is 15.2 Å². The van der Waals surface area contributed by atoms with Gasteiger partial charge in [-0.15, -0.1) is 11.3 Å². The molecule has 0 atom stereocenters. The van der Waals surface area contributed by atoms with Crippen molar-refractivity contribution in [2.75, 3.05) is 12.8 Å². The molecule has 5 heteroatoms. The largest absolute Gasteiger partial charge is 0.399 e. The first-order chi connectivity index (χ1) is 10.1. The van der Waals surface area contributed by atoms with Gasteiger partial charge in [-0.2, -0.15) is 0 Å². The second-order valence-electron chi connectivity index (χ2n) is 4.86. The lowest BCUT2D eigenvalue weighted by Gasteiger charge is -2.15. The number of amides is 1. The average Bonchev–Trinajstić information content (AvgIpc) is 2.88. The number of hydrogen-bond donors (Lipinski definition) is 1. The maximum Gasteiger partial charge on any atom is 0.254 e. The molecule has 2 N–H and O–H groups in total. The average molecular weight is 297 g/mol. The Labute approximate surface area is 126 Å². The Kier molecular flexibility index (Phi) is 3.58. The number of anilines is 1. The van der Waals surface area contributed by atoms with Crippen molar-refractivity contribution in [2.24, 2.45) is 0 Å². The molecular formula is C16H15N3OS. The summed E-state index contributed by atoms with van der Waals surface area (Å²) in [6.45, 7) is 0.493. The number of fused-ring (bicyclic) bond motifs is 1. The number of nitrogens with two attached hydrogens (primary N) is 1. The fraction of sp³-hybridized carbons (Fsp3) is 0.125. The minimum Gasteiger partial charge on any atom is -0.399 e. The number of nitrogens with zero attached hydrogens (tertiary/aromatic N) is 2. The molecule has 21 heavy (non-hydrogen) atoms. The molecule has 0 saturated heterocycles. The Balaban J connectivity index is 1.79. The van der Waals surface area contributed by atoms with Crippen LogP contribution >= 0.6 is 11.3 Å². The van der Waals surface area contributed by atoms with E-state index in [-0.39, 0.29) is 5.91 Å². The third kappa shape index (κ3) is 2.87. The molecule has 0 saturated carbocycles. The van der Waals surface area contributed by atoms with Crippen LogP contribution in [0.2, 0.25) is 0 Å². The predicted molar refractivity (Wildman–Crippen MR) is 86.3 cm³/mol. The molecule has 106 valence electrons. The van der Waals surface area contributed by atoms with E-state index in [1.807, 2.05) is 24.3 Å². The van der Waals surface area contributed by atoms with E-state index < -0.39 is 0 Å². The molecule has 0 aliphatic rings. The molecule has 0 aliphatic heterocycles. The van der Waals surface area contributed by atoms with Crippen molar-refractivity contribution in [3.05, 3.63) is 59.1 Å². The second kappa shape index (κ2) is 5.54. The van der Waals surface area contributed by atoms with Gasteiger partial charge in [0.25, 0.3) is 5.91 Å². The van der Waals surface area contributed by atoms with Crippen LogP contribution in [0.1, 0.15) is 15.4 Å². The molecule has 0 radical (unpaired) electrons. The van der Waals surface area contributed by atoms with E-state index in [0.29, 0.717) is 17.8 Å². The lowest BCUT2D eigenvalue weighted by Crippen LogP contribution is -2.26. The summed E-state index contributed by atoms with van der Waals surface area (Å²) in [5.41, 5.74) is 7.88. The monoisotopic (exact) mass is 297 g/mol. The van der Waals surface area contributed by atoms with Gasteiger partial charge in [0.05, 0.1) is 16.8 Å². The molecule has 3 aromatic rings. The fourth-order valence-corrected chi connectivity index (χ4v) is 3.18. The van der Waals surface area contributed by atoms with Crippen LogP contribution in [-0.2, 0) is 6.54 Å². The molecule has 1 aromatic heterocycles. The van der Waals surface area contributed by atoms with Crippen molar-refractivity contribution in [3.8, 4) is 0 Å². The zero-order valence-electron chi connectivity index (χ0n) is 11.6. The number of carbonyl (C=O) groups excluding carboxylic acids is 1. The lowest BCUT2D eigenvalue weighted by atomic mass is 10.2. The molecule has 2 aromatic carbocycles. The third-order valence-corrected chi connectivity index (χ3v) is 4.21. The van der Waals surface area contributed by atoms with Gasteiger partial charge in [-0.1, -0.05) is 18.2 Å². The highest BCUT2D eigenvalue weighted by molar-refractivity contribution is 7.18. The van der Waals surface area contributed by atoms with Gasteiger partial charge in [0, 0.05) is 18.3 Å². The summed E-state index contributed by atoms with van der Waals surface area (Å²) >= 11 is 1.61. The SMILES string of the molecule is CN(Cc1nc2ccccc2s1)C(=O)c1cccc(N)c1. The minimum atomic E-state index is -0.0541. The van der Waals surface area contributed by atoms with E-state index in [1.54, 1.807) is 47.5 Å². The van der Waals surface area contributed by atoms with Crippen LogP contribution in [0.3, 0.4) is 0 Å². The molecular weight excluding hydrogens is 282 g/mol. The number of benzene rings is 2. The highest BCUT2D eigenvalue weighted by Crippen LogP contribution is 2.22. The fourth-order valence-electron chi connectivity index (χ4n) is 2.15. The number of aromatic nitrogens is 1. The number of para-hydroxylation sites is 1. The molecule has 0 aliphatic carbocycles. The maximum absolute atomic E-state index is 12.4. The van der Waals surface area contributed by atoms with Crippen LogP contribution in [0.4, 0.5) is 5.69 Å². The standard InChI is InChI=1S/C16H15N3OS/c1-19(16(20)11-5-4-6-12(17)9-11)10-15-18-13-7-2-3-8-14(13)21-15/h2-9H,10,17H2,1H3. The van der Waals surface area contributed by atoms with Gasteiger partial charge in [-0.25, -0.2) is 4.98 Å². The van der Waals surface area contributed by atoms with Gasteiger partial charge in [0.2, 0.25) is 0 Å². The second-order valence-corrected chi connectivity index (χ2v) is 5.98. The summed E-state index contributed by atoms with van der Waals surface area (Å²) in [5, 5.41) is 0.927. The van der Waals surface area contributed by atoms with Crippen molar-refractivity contribution in [3.63, 3.8) is 0 Å². The Hall–Kier alpha value is -2.40. The van der Waals surface area contributed by atoms with E-state index in [2.05, 4.69) is 4.98 Å². The number of nitrogen functional groups attached to an aromatic ring is 1. The van der Waals surface area contributed by atoms with Gasteiger partial charge in [0.1, 0.15) is 5.01 Å². The first kappa shape index (κ1) is 13.6. The molecule has 0 unspecified atom stereocenters. The van der Waals surface area contributed by atoms with E-state index in [9.17, 15) is 4.79 Å². The Morgan fingerprint density at radius 2 is 2.05 bits per heavy atom. The van der Waals surface area contributed by atoms with Gasteiger partial charge in [-0.05, 0) is 30.3 Å². The van der Waals surface area contributed by atoms with Gasteiger partial charge >= 0.3 is 0 Å². The first-order valence-corrected chi connectivity index (χ1v) is 7.40. The van der Waals surface area contributed by atoms with Crippen LogP contribution in [-0.4, -0.2) is 22.8 Å². The molecule has 3 rings (SSSR count). The quantitative estimate of drug-likeness (QED) is 0.755. The normalized spacial score (nSPS) is 10.7. The molecule has 1 heterocycles. The third-order valence-electron chi connectivity index (χ3n) is 3.19. The minimum absolute atomic E-state index is 0.0541. The summed E-state index contributed by atoms with van der Waals surface area (Å²) < 4.78 is 1.14. The summed E-state index contributed by atoms with van der Waals surface area (Å²) in [6, 6.07) is 15.0. The van der Waals surface area contributed by atoms with Crippen LogP contribution in [0.25, 0.3) is 10.2 Å². The van der Waals surface area contributed by atoms with Gasteiger partial charge < -0.3 is 10.6 Å². The number of carbonyl (C=O) groups is 1. The van der Waals surface area contributed by atoms with Crippen molar-refractivity contribution in [1.82, 2.24) is 9.88 Å². The smallest absolute Gasteiger partial charge is 0.254 e. The first-order valence-electron chi connectivity index (χ1n) is 6.59. The molecule has 0 fully saturated rings. The maximum atomic E-state index is 12.4. The number of thiazole rings is 1. The van der Waals surface area contributed by atoms with Crippen LogP contribution in [0.5, 0.6) is 0 Å². The summed E-state index contributed by atoms with van der Waals surface area (Å²) in [7, 11) is 1.78. The summed E-state index contributed by atoms with van der Waals surface area (Å²) in [5.74, 6) is -0.0541. The van der Waals surface area contributed by atoms with Crippen LogP contribution < -0.4 is 5.73 Å². The predicted octanol–water partition coefficient (Wildman–Crippen LogP) is 3.15. The van der Waals surface area contributed by atoms with Crippen molar-refractivity contribution >= 4 is 33.1 Å².